The highest BCUT2D eigenvalue weighted by molar-refractivity contribution is 7.99. The second-order valence-electron chi connectivity index (χ2n) is 7.98. The van der Waals surface area contributed by atoms with Crippen LogP contribution < -0.4 is 9.64 Å². The molecule has 0 spiro atoms. The zero-order chi connectivity index (χ0) is 23.5. The molecule has 5 rings (SSSR count). The van der Waals surface area contributed by atoms with Crippen molar-refractivity contribution in [2.24, 2.45) is 7.05 Å². The lowest BCUT2D eigenvalue weighted by Crippen LogP contribution is -2.28. The molecule has 0 aliphatic carbocycles. The number of halogens is 1. The molecule has 8 heteroatoms. The van der Waals surface area contributed by atoms with Gasteiger partial charge in [0.15, 0.2) is 11.0 Å². The Morgan fingerprint density at radius 2 is 1.56 bits per heavy atom. The van der Waals surface area contributed by atoms with Gasteiger partial charge in [0.2, 0.25) is 5.91 Å². The molecule has 172 valence electrons. The lowest BCUT2D eigenvalue weighted by atomic mass is 10.0. The van der Waals surface area contributed by atoms with Gasteiger partial charge in [0.25, 0.3) is 0 Å². The SMILES string of the molecule is Cn1c(COc2ccc(Cl)cc2)nnc1SCC(=O)N1c2ccccc2CCc2ccccc21. The highest BCUT2D eigenvalue weighted by atomic mass is 35.5. The fourth-order valence-corrected chi connectivity index (χ4v) is 4.92. The van der Waals surface area contributed by atoms with Crippen LogP contribution >= 0.6 is 23.4 Å². The van der Waals surface area contributed by atoms with Gasteiger partial charge in [0, 0.05) is 12.1 Å². The molecule has 0 N–H and O–H groups in total. The highest BCUT2D eigenvalue weighted by Gasteiger charge is 2.26. The standard InChI is InChI=1S/C26H23ClN4O2S/c1-30-24(16-33-21-14-12-20(27)13-15-21)28-29-26(30)34-17-25(32)31-22-8-4-2-6-18(22)10-11-19-7-3-5-9-23(19)31/h2-9,12-15H,10-11,16-17H2,1H3. The van der Waals surface area contributed by atoms with Crippen LogP contribution in [0.3, 0.4) is 0 Å². The van der Waals surface area contributed by atoms with Gasteiger partial charge >= 0.3 is 0 Å². The van der Waals surface area contributed by atoms with Crippen LogP contribution in [0.4, 0.5) is 11.4 Å². The van der Waals surface area contributed by atoms with Crippen molar-refractivity contribution in [1.29, 1.82) is 0 Å². The van der Waals surface area contributed by atoms with Gasteiger partial charge in [-0.1, -0.05) is 59.8 Å². The molecule has 0 bridgehead atoms. The number of carbonyl (C=O) groups is 1. The van der Waals surface area contributed by atoms with Crippen molar-refractivity contribution < 1.29 is 9.53 Å². The maximum atomic E-state index is 13.5. The second-order valence-corrected chi connectivity index (χ2v) is 9.35. The van der Waals surface area contributed by atoms with Gasteiger partial charge in [-0.15, -0.1) is 10.2 Å². The van der Waals surface area contributed by atoms with Gasteiger partial charge in [-0.25, -0.2) is 0 Å². The molecule has 0 saturated heterocycles. The van der Waals surface area contributed by atoms with Gasteiger partial charge in [0.05, 0.1) is 17.1 Å². The Morgan fingerprint density at radius 1 is 0.941 bits per heavy atom. The molecule has 1 aliphatic heterocycles. The molecule has 1 amide bonds. The zero-order valence-electron chi connectivity index (χ0n) is 18.6. The smallest absolute Gasteiger partial charge is 0.242 e. The van der Waals surface area contributed by atoms with E-state index in [9.17, 15) is 4.79 Å². The van der Waals surface area contributed by atoms with Crippen molar-refractivity contribution in [3.05, 3.63) is 94.8 Å². The van der Waals surface area contributed by atoms with E-state index in [-0.39, 0.29) is 18.3 Å². The number of fused-ring (bicyclic) bond motifs is 2. The summed E-state index contributed by atoms with van der Waals surface area (Å²) in [4.78, 5) is 15.4. The third-order valence-corrected chi connectivity index (χ3v) is 7.07. The molecule has 0 atom stereocenters. The topological polar surface area (TPSA) is 60.2 Å². The van der Waals surface area contributed by atoms with E-state index in [4.69, 9.17) is 16.3 Å². The minimum absolute atomic E-state index is 0.00812. The normalized spacial score (nSPS) is 12.6. The van der Waals surface area contributed by atoms with Gasteiger partial charge < -0.3 is 9.30 Å². The number of rotatable bonds is 6. The molecule has 0 radical (unpaired) electrons. The predicted molar refractivity (Wildman–Crippen MR) is 135 cm³/mol. The van der Waals surface area contributed by atoms with Crippen molar-refractivity contribution in [3.8, 4) is 5.75 Å². The lowest BCUT2D eigenvalue weighted by Gasteiger charge is -2.24. The van der Waals surface area contributed by atoms with Crippen LogP contribution in [0.5, 0.6) is 5.75 Å². The van der Waals surface area contributed by atoms with Gasteiger partial charge in [-0.3, -0.25) is 9.69 Å². The molecule has 0 fully saturated rings. The van der Waals surface area contributed by atoms with E-state index in [0.29, 0.717) is 21.8 Å². The molecule has 34 heavy (non-hydrogen) atoms. The van der Waals surface area contributed by atoms with E-state index in [2.05, 4.69) is 22.3 Å². The Hall–Kier alpha value is -3.29. The van der Waals surface area contributed by atoms with Gasteiger partial charge in [-0.2, -0.15) is 0 Å². The van der Waals surface area contributed by atoms with Gasteiger partial charge in [-0.05, 0) is 60.4 Å². The number of hydrogen-bond donors (Lipinski definition) is 0. The zero-order valence-corrected chi connectivity index (χ0v) is 20.2. The molecule has 0 unspecified atom stereocenters. The van der Waals surface area contributed by atoms with E-state index in [1.165, 1.54) is 22.9 Å². The molecular weight excluding hydrogens is 468 g/mol. The largest absolute Gasteiger partial charge is 0.486 e. The van der Waals surface area contributed by atoms with Crippen molar-refractivity contribution in [3.63, 3.8) is 0 Å². The minimum atomic E-state index is 0.00812. The Labute approximate surface area is 207 Å². The number of carbonyl (C=O) groups excluding carboxylic acids is 1. The van der Waals surface area contributed by atoms with Crippen molar-refractivity contribution in [2.75, 3.05) is 10.7 Å². The third kappa shape index (κ3) is 4.67. The number of aryl methyl sites for hydroxylation is 2. The predicted octanol–water partition coefficient (Wildman–Crippen LogP) is 5.60. The molecule has 6 nitrogen and oxygen atoms in total. The van der Waals surface area contributed by atoms with E-state index < -0.39 is 0 Å². The van der Waals surface area contributed by atoms with Crippen molar-refractivity contribution in [2.45, 2.75) is 24.6 Å². The van der Waals surface area contributed by atoms with Crippen LogP contribution in [0.15, 0.2) is 78.0 Å². The number of thioether (sulfide) groups is 1. The first-order chi connectivity index (χ1) is 16.6. The van der Waals surface area contributed by atoms with Crippen LogP contribution in [0.2, 0.25) is 5.02 Å². The number of ether oxygens (including phenoxy) is 1. The average molecular weight is 491 g/mol. The first-order valence-corrected chi connectivity index (χ1v) is 12.3. The number of hydrogen-bond acceptors (Lipinski definition) is 5. The van der Waals surface area contributed by atoms with E-state index in [1.54, 1.807) is 12.1 Å². The summed E-state index contributed by atoms with van der Waals surface area (Å²) in [6.07, 6.45) is 1.81. The molecular formula is C26H23ClN4O2S. The Bertz CT molecular complexity index is 1280. The van der Waals surface area contributed by atoms with Crippen molar-refractivity contribution >= 4 is 40.6 Å². The Morgan fingerprint density at radius 3 is 2.21 bits per heavy atom. The minimum Gasteiger partial charge on any atom is -0.486 e. The van der Waals surface area contributed by atoms with E-state index >= 15 is 0 Å². The number of nitrogens with zero attached hydrogens (tertiary/aromatic N) is 4. The summed E-state index contributed by atoms with van der Waals surface area (Å²) in [7, 11) is 1.88. The summed E-state index contributed by atoms with van der Waals surface area (Å²) in [5.74, 6) is 1.63. The second kappa shape index (κ2) is 9.91. The van der Waals surface area contributed by atoms with Crippen molar-refractivity contribution in [1.82, 2.24) is 14.8 Å². The fourth-order valence-electron chi connectivity index (χ4n) is 4.01. The number of para-hydroxylation sites is 2. The van der Waals surface area contributed by atoms with E-state index in [1.807, 2.05) is 65.0 Å². The summed E-state index contributed by atoms with van der Waals surface area (Å²) >= 11 is 7.30. The van der Waals surface area contributed by atoms with Crippen LogP contribution in [0, 0.1) is 0 Å². The van der Waals surface area contributed by atoms with Crippen LogP contribution in [-0.2, 0) is 31.3 Å². The lowest BCUT2D eigenvalue weighted by molar-refractivity contribution is -0.115. The summed E-state index contributed by atoms with van der Waals surface area (Å²) in [6.45, 7) is 0.270. The van der Waals surface area contributed by atoms with Crippen LogP contribution in [0.1, 0.15) is 17.0 Å². The Balaban J connectivity index is 1.31. The summed E-state index contributed by atoms with van der Waals surface area (Å²) < 4.78 is 7.65. The third-order valence-electron chi connectivity index (χ3n) is 5.81. The molecule has 0 saturated carbocycles. The number of aromatic nitrogens is 3. The molecule has 3 aromatic carbocycles. The summed E-state index contributed by atoms with van der Waals surface area (Å²) in [6, 6.07) is 23.4. The molecule has 4 aromatic rings. The molecule has 1 aliphatic rings. The summed E-state index contributed by atoms with van der Waals surface area (Å²) in [5.41, 5.74) is 4.26. The Kier molecular flexibility index (Phi) is 6.56. The summed E-state index contributed by atoms with van der Waals surface area (Å²) in [5, 5.41) is 9.83. The maximum Gasteiger partial charge on any atom is 0.242 e. The van der Waals surface area contributed by atoms with Crippen LogP contribution in [0.25, 0.3) is 0 Å². The van der Waals surface area contributed by atoms with Crippen LogP contribution in [-0.4, -0.2) is 26.4 Å². The monoisotopic (exact) mass is 490 g/mol. The highest BCUT2D eigenvalue weighted by Crippen LogP contribution is 2.36. The average Bonchev–Trinajstić information content (AvgIpc) is 3.11. The fraction of sp³-hybridized carbons (Fsp3) is 0.192. The first-order valence-electron chi connectivity index (χ1n) is 11.0. The van der Waals surface area contributed by atoms with Gasteiger partial charge in [0.1, 0.15) is 12.4 Å². The number of amides is 1. The quantitative estimate of drug-likeness (QED) is 0.329. The van der Waals surface area contributed by atoms with E-state index in [0.717, 1.165) is 24.2 Å². The molecule has 2 heterocycles. The first kappa shape index (κ1) is 22.5. The maximum absolute atomic E-state index is 13.5. The molecule has 1 aromatic heterocycles. The number of benzene rings is 3. The number of anilines is 2.